The van der Waals surface area contributed by atoms with Crippen molar-refractivity contribution >= 4 is 27.5 Å². The lowest BCUT2D eigenvalue weighted by atomic mass is 10.1. The minimum atomic E-state index is -4.27. The zero-order valence-electron chi connectivity index (χ0n) is 23.2. The van der Waals surface area contributed by atoms with E-state index in [0.717, 1.165) is 9.87 Å². The van der Waals surface area contributed by atoms with Gasteiger partial charge in [0.05, 0.1) is 24.8 Å². The molecule has 0 radical (unpaired) electrons. The van der Waals surface area contributed by atoms with E-state index < -0.39 is 40.2 Å². The van der Waals surface area contributed by atoms with Gasteiger partial charge in [0.25, 0.3) is 10.0 Å². The number of methoxy groups -OCH3 is 2. The molecule has 40 heavy (non-hydrogen) atoms. The Bertz CT molecular complexity index is 1450. The van der Waals surface area contributed by atoms with E-state index in [1.165, 1.54) is 74.6 Å². The Balaban J connectivity index is 2.10. The van der Waals surface area contributed by atoms with Crippen LogP contribution < -0.4 is 19.1 Å². The number of aryl methyl sites for hydroxylation is 1. The lowest BCUT2D eigenvalue weighted by Gasteiger charge is -2.32. The number of nitrogens with one attached hydrogen (secondary N) is 1. The summed E-state index contributed by atoms with van der Waals surface area (Å²) in [5, 5.41) is 2.67. The quantitative estimate of drug-likeness (QED) is 0.354. The van der Waals surface area contributed by atoms with Crippen LogP contribution in [0.1, 0.15) is 25.0 Å². The second-order valence-corrected chi connectivity index (χ2v) is 10.9. The van der Waals surface area contributed by atoms with Crippen molar-refractivity contribution in [3.05, 3.63) is 83.7 Å². The largest absolute Gasteiger partial charge is 0.493 e. The van der Waals surface area contributed by atoms with Gasteiger partial charge in [-0.25, -0.2) is 12.8 Å². The van der Waals surface area contributed by atoms with Crippen molar-refractivity contribution in [1.29, 1.82) is 0 Å². The van der Waals surface area contributed by atoms with E-state index in [9.17, 15) is 22.4 Å². The average molecular weight is 572 g/mol. The molecule has 0 aromatic heterocycles. The molecule has 0 saturated heterocycles. The molecule has 3 rings (SSSR count). The van der Waals surface area contributed by atoms with Gasteiger partial charge in [-0.2, -0.15) is 0 Å². The lowest BCUT2D eigenvalue weighted by molar-refractivity contribution is -0.139. The minimum Gasteiger partial charge on any atom is -0.493 e. The first-order valence-electron chi connectivity index (χ1n) is 12.7. The first kappa shape index (κ1) is 30.4. The molecule has 0 aliphatic carbocycles. The fourth-order valence-corrected chi connectivity index (χ4v) is 5.47. The maximum Gasteiger partial charge on any atom is 0.264 e. The van der Waals surface area contributed by atoms with Crippen LogP contribution in [-0.4, -0.2) is 58.5 Å². The van der Waals surface area contributed by atoms with Crippen molar-refractivity contribution < 1.29 is 31.9 Å². The van der Waals surface area contributed by atoms with E-state index in [4.69, 9.17) is 9.47 Å². The van der Waals surface area contributed by atoms with E-state index in [0.29, 0.717) is 12.3 Å². The Morgan fingerprint density at radius 3 is 2.23 bits per heavy atom. The van der Waals surface area contributed by atoms with Crippen LogP contribution in [0.2, 0.25) is 0 Å². The molecule has 0 fully saturated rings. The molecule has 3 aromatic carbocycles. The highest BCUT2D eigenvalue weighted by atomic mass is 32.2. The summed E-state index contributed by atoms with van der Waals surface area (Å²) in [5.41, 5.74) is 1.19. The maximum atomic E-state index is 14.6. The van der Waals surface area contributed by atoms with Gasteiger partial charge in [0, 0.05) is 24.7 Å². The van der Waals surface area contributed by atoms with Crippen LogP contribution >= 0.6 is 0 Å². The smallest absolute Gasteiger partial charge is 0.264 e. The molecular weight excluding hydrogens is 537 g/mol. The molecule has 3 aromatic rings. The summed E-state index contributed by atoms with van der Waals surface area (Å²) in [6.45, 7) is 4.50. The van der Waals surface area contributed by atoms with Crippen LogP contribution in [0.5, 0.6) is 11.5 Å². The van der Waals surface area contributed by atoms with Crippen molar-refractivity contribution in [3.63, 3.8) is 0 Å². The second kappa shape index (κ2) is 13.3. The highest BCUT2D eigenvalue weighted by Gasteiger charge is 2.33. The number of hydrogen-bond acceptors (Lipinski definition) is 6. The molecule has 2 amide bonds. The number of halogens is 1. The number of rotatable bonds is 12. The molecule has 1 unspecified atom stereocenters. The van der Waals surface area contributed by atoms with Crippen molar-refractivity contribution in [2.45, 2.75) is 38.3 Å². The third-order valence-corrected chi connectivity index (χ3v) is 8.15. The fourth-order valence-electron chi connectivity index (χ4n) is 4.06. The topological polar surface area (TPSA) is 105 Å². The predicted octanol–water partition coefficient (Wildman–Crippen LogP) is 3.90. The monoisotopic (exact) mass is 571 g/mol. The molecule has 1 N–H and O–H groups in total. The van der Waals surface area contributed by atoms with E-state index in [-0.39, 0.29) is 28.4 Å². The minimum absolute atomic E-state index is 0.0295. The summed E-state index contributed by atoms with van der Waals surface area (Å²) in [6, 6.07) is 15.6. The van der Waals surface area contributed by atoms with Crippen molar-refractivity contribution in [2.24, 2.45) is 0 Å². The van der Waals surface area contributed by atoms with Gasteiger partial charge in [-0.15, -0.1) is 0 Å². The fraction of sp³-hybridized carbons (Fsp3) is 0.310. The average Bonchev–Trinajstić information content (AvgIpc) is 2.94. The number of likely N-dealkylation sites (N-methyl/N-ethyl adjacent to an activating group) is 1. The summed E-state index contributed by atoms with van der Waals surface area (Å²) < 4.78 is 54.0. The number of carbonyl (C=O) groups excluding carboxylic acids is 2. The normalized spacial score (nSPS) is 11.8. The second-order valence-electron chi connectivity index (χ2n) is 9.05. The zero-order chi connectivity index (χ0) is 29.4. The molecule has 0 saturated carbocycles. The number of benzene rings is 3. The van der Waals surface area contributed by atoms with Crippen LogP contribution in [-0.2, 0) is 26.2 Å². The van der Waals surface area contributed by atoms with E-state index in [1.807, 2.05) is 6.92 Å². The number of hydrogen-bond donors (Lipinski definition) is 1. The number of carbonyl (C=O) groups is 2. The van der Waals surface area contributed by atoms with Gasteiger partial charge in [0.15, 0.2) is 11.5 Å². The van der Waals surface area contributed by atoms with Crippen LogP contribution in [0.4, 0.5) is 10.1 Å². The molecule has 214 valence electrons. The Labute approximate surface area is 234 Å². The van der Waals surface area contributed by atoms with Crippen LogP contribution in [0.25, 0.3) is 0 Å². The third kappa shape index (κ3) is 6.90. The van der Waals surface area contributed by atoms with Gasteiger partial charge < -0.3 is 19.7 Å². The molecule has 0 heterocycles. The van der Waals surface area contributed by atoms with E-state index in [2.05, 4.69) is 5.32 Å². The molecule has 0 bridgehead atoms. The highest BCUT2D eigenvalue weighted by Crippen LogP contribution is 2.34. The van der Waals surface area contributed by atoms with Crippen molar-refractivity contribution in [1.82, 2.24) is 10.2 Å². The van der Waals surface area contributed by atoms with E-state index >= 15 is 0 Å². The van der Waals surface area contributed by atoms with Crippen molar-refractivity contribution in [2.75, 3.05) is 31.6 Å². The standard InChI is InChI=1S/C29H34FN3O6S/c1-6-31-29(35)21(3)32(18-22-9-7-8-10-25(22)30)28(34)19-33(23-13-16-26(38-4)27(17-23)39-5)40(36,37)24-14-11-20(2)12-15-24/h7-17,21H,6,18-19H2,1-5H3,(H,31,35). The van der Waals surface area contributed by atoms with Gasteiger partial charge in [0.2, 0.25) is 11.8 Å². The molecule has 0 aliphatic heterocycles. The summed E-state index contributed by atoms with van der Waals surface area (Å²) >= 11 is 0. The summed E-state index contributed by atoms with van der Waals surface area (Å²) in [7, 11) is -1.40. The predicted molar refractivity (Wildman–Crippen MR) is 150 cm³/mol. The Kier molecular flexibility index (Phi) is 10.1. The van der Waals surface area contributed by atoms with Crippen molar-refractivity contribution in [3.8, 4) is 11.5 Å². The Morgan fingerprint density at radius 2 is 1.62 bits per heavy atom. The first-order chi connectivity index (χ1) is 19.0. The molecule has 1 atom stereocenters. The van der Waals surface area contributed by atoms with Crippen LogP contribution in [0.15, 0.2) is 71.6 Å². The van der Waals surface area contributed by atoms with Crippen LogP contribution in [0.3, 0.4) is 0 Å². The van der Waals surface area contributed by atoms with Gasteiger partial charge in [-0.1, -0.05) is 35.9 Å². The summed E-state index contributed by atoms with van der Waals surface area (Å²) in [5.74, 6) is -1.07. The highest BCUT2D eigenvalue weighted by molar-refractivity contribution is 7.92. The molecule has 0 aliphatic rings. The molecular formula is C29H34FN3O6S. The molecule has 9 nitrogen and oxygen atoms in total. The summed E-state index contributed by atoms with van der Waals surface area (Å²) in [6.07, 6.45) is 0. The number of ether oxygens (including phenoxy) is 2. The number of anilines is 1. The van der Waals surface area contributed by atoms with E-state index in [1.54, 1.807) is 25.1 Å². The van der Waals surface area contributed by atoms with Crippen LogP contribution in [0, 0.1) is 12.7 Å². The summed E-state index contributed by atoms with van der Waals surface area (Å²) in [4.78, 5) is 27.8. The van der Waals surface area contributed by atoms with Gasteiger partial charge in [-0.05, 0) is 51.1 Å². The number of sulfonamides is 1. The SMILES string of the molecule is CCNC(=O)C(C)N(Cc1ccccc1F)C(=O)CN(c1ccc(OC)c(OC)c1)S(=O)(=O)c1ccc(C)cc1. The lowest BCUT2D eigenvalue weighted by Crippen LogP contribution is -2.51. The van der Waals surface area contributed by atoms with Gasteiger partial charge in [-0.3, -0.25) is 13.9 Å². The third-order valence-electron chi connectivity index (χ3n) is 6.36. The number of nitrogens with zero attached hydrogens (tertiary/aromatic N) is 2. The molecule has 0 spiro atoms. The Hall–Kier alpha value is -4.12. The first-order valence-corrected chi connectivity index (χ1v) is 14.1. The van der Waals surface area contributed by atoms with Gasteiger partial charge >= 0.3 is 0 Å². The Morgan fingerprint density at radius 1 is 0.975 bits per heavy atom. The maximum absolute atomic E-state index is 14.6. The molecule has 11 heteroatoms. The number of amides is 2. The van der Waals surface area contributed by atoms with Gasteiger partial charge in [0.1, 0.15) is 18.4 Å². The zero-order valence-corrected chi connectivity index (χ0v) is 24.0.